The van der Waals surface area contributed by atoms with E-state index in [1.54, 1.807) is 24.3 Å². The zero-order valence-corrected chi connectivity index (χ0v) is 13.0. The summed E-state index contributed by atoms with van der Waals surface area (Å²) < 4.78 is 5.51. The second-order valence-corrected chi connectivity index (χ2v) is 5.54. The summed E-state index contributed by atoms with van der Waals surface area (Å²) in [5, 5.41) is 13.8. The van der Waals surface area contributed by atoms with E-state index in [1.165, 1.54) is 11.1 Å². The van der Waals surface area contributed by atoms with E-state index in [9.17, 15) is 5.11 Å². The predicted octanol–water partition coefficient (Wildman–Crippen LogP) is 3.81. The van der Waals surface area contributed by atoms with Gasteiger partial charge in [-0.05, 0) is 61.4 Å². The van der Waals surface area contributed by atoms with Crippen LogP contribution >= 0.6 is 11.6 Å². The number of nitrogens with one attached hydrogen (secondary N) is 1. The Bertz CT molecular complexity index is 584. The first-order valence-electron chi connectivity index (χ1n) is 6.92. The minimum atomic E-state index is -0.581. The number of ether oxygens (including phenoxy) is 1. The van der Waals surface area contributed by atoms with Crippen LogP contribution in [-0.4, -0.2) is 24.4 Å². The number of hydrogen-bond donors (Lipinski definition) is 2. The maximum atomic E-state index is 9.94. The van der Waals surface area contributed by atoms with Crippen molar-refractivity contribution in [3.63, 3.8) is 0 Å². The van der Waals surface area contributed by atoms with Crippen molar-refractivity contribution in [3.05, 3.63) is 58.6 Å². The molecule has 2 aromatic carbocycles. The van der Waals surface area contributed by atoms with Crippen LogP contribution in [-0.2, 0) is 0 Å². The van der Waals surface area contributed by atoms with Crippen LogP contribution in [0.1, 0.15) is 11.1 Å². The van der Waals surface area contributed by atoms with Crippen molar-refractivity contribution >= 4 is 17.3 Å². The van der Waals surface area contributed by atoms with Crippen molar-refractivity contribution in [1.29, 1.82) is 0 Å². The van der Waals surface area contributed by atoms with Crippen LogP contribution in [0.25, 0.3) is 0 Å². The van der Waals surface area contributed by atoms with Gasteiger partial charge in [0.25, 0.3) is 0 Å². The maximum Gasteiger partial charge on any atom is 0.119 e. The van der Waals surface area contributed by atoms with E-state index in [1.807, 2.05) is 6.07 Å². The summed E-state index contributed by atoms with van der Waals surface area (Å²) in [6.45, 7) is 4.82. The van der Waals surface area contributed by atoms with Crippen LogP contribution in [0.3, 0.4) is 0 Å². The molecule has 3 nitrogen and oxygen atoms in total. The van der Waals surface area contributed by atoms with Gasteiger partial charge in [-0.1, -0.05) is 17.7 Å². The third-order valence-corrected chi connectivity index (χ3v) is 3.56. The molecule has 2 rings (SSSR count). The minimum absolute atomic E-state index is 0.236. The van der Waals surface area contributed by atoms with Gasteiger partial charge in [0.15, 0.2) is 0 Å². The van der Waals surface area contributed by atoms with E-state index < -0.39 is 6.10 Å². The molecule has 0 aromatic heterocycles. The molecule has 0 bridgehead atoms. The fraction of sp³-hybridized carbons (Fsp3) is 0.294. The van der Waals surface area contributed by atoms with Gasteiger partial charge in [0.2, 0.25) is 0 Å². The molecule has 112 valence electrons. The highest BCUT2D eigenvalue weighted by atomic mass is 35.5. The zero-order chi connectivity index (χ0) is 15.2. The lowest BCUT2D eigenvalue weighted by molar-refractivity contribution is 0.117. The van der Waals surface area contributed by atoms with Gasteiger partial charge in [0, 0.05) is 17.3 Å². The SMILES string of the molecule is Cc1ccc(NC[C@@H](O)COc2ccc(Cl)cc2)cc1C. The summed E-state index contributed by atoms with van der Waals surface area (Å²) >= 11 is 5.80. The predicted molar refractivity (Wildman–Crippen MR) is 87.4 cm³/mol. The Hall–Kier alpha value is -1.71. The minimum Gasteiger partial charge on any atom is -0.491 e. The van der Waals surface area contributed by atoms with E-state index in [0.717, 1.165) is 5.69 Å². The van der Waals surface area contributed by atoms with Gasteiger partial charge < -0.3 is 15.2 Å². The molecule has 0 aliphatic rings. The standard InChI is InChI=1S/C17H20ClNO2/c1-12-3-6-15(9-13(12)2)19-10-16(20)11-21-17-7-4-14(18)5-8-17/h3-9,16,19-20H,10-11H2,1-2H3/t16-/m1/s1. The maximum absolute atomic E-state index is 9.94. The van der Waals surface area contributed by atoms with Crippen molar-refractivity contribution in [2.75, 3.05) is 18.5 Å². The number of benzene rings is 2. The Morgan fingerprint density at radius 2 is 1.81 bits per heavy atom. The van der Waals surface area contributed by atoms with E-state index in [-0.39, 0.29) is 6.61 Å². The molecule has 1 atom stereocenters. The molecule has 0 spiro atoms. The average Bonchev–Trinajstić information content (AvgIpc) is 2.48. The molecule has 0 radical (unpaired) electrons. The van der Waals surface area contributed by atoms with Crippen LogP contribution in [0.15, 0.2) is 42.5 Å². The van der Waals surface area contributed by atoms with Gasteiger partial charge >= 0.3 is 0 Å². The van der Waals surface area contributed by atoms with Gasteiger partial charge in [0.1, 0.15) is 18.5 Å². The van der Waals surface area contributed by atoms with E-state index >= 15 is 0 Å². The molecule has 0 aliphatic heterocycles. The normalized spacial score (nSPS) is 12.0. The fourth-order valence-electron chi connectivity index (χ4n) is 1.87. The van der Waals surface area contributed by atoms with Crippen molar-refractivity contribution < 1.29 is 9.84 Å². The highest BCUT2D eigenvalue weighted by Crippen LogP contribution is 2.16. The van der Waals surface area contributed by atoms with Crippen LogP contribution in [0.4, 0.5) is 5.69 Å². The lowest BCUT2D eigenvalue weighted by Crippen LogP contribution is -2.26. The fourth-order valence-corrected chi connectivity index (χ4v) is 2.00. The number of hydrogen-bond acceptors (Lipinski definition) is 3. The third kappa shape index (κ3) is 4.96. The third-order valence-electron chi connectivity index (χ3n) is 3.30. The number of anilines is 1. The molecule has 0 unspecified atom stereocenters. The van der Waals surface area contributed by atoms with E-state index in [4.69, 9.17) is 16.3 Å². The topological polar surface area (TPSA) is 41.5 Å². The monoisotopic (exact) mass is 305 g/mol. The summed E-state index contributed by atoms with van der Waals surface area (Å²) in [7, 11) is 0. The number of rotatable bonds is 6. The summed E-state index contributed by atoms with van der Waals surface area (Å²) in [5.74, 6) is 0.699. The smallest absolute Gasteiger partial charge is 0.119 e. The van der Waals surface area contributed by atoms with Crippen molar-refractivity contribution in [2.45, 2.75) is 20.0 Å². The van der Waals surface area contributed by atoms with Gasteiger partial charge in [-0.15, -0.1) is 0 Å². The lowest BCUT2D eigenvalue weighted by Gasteiger charge is -2.14. The van der Waals surface area contributed by atoms with Crippen LogP contribution in [0.5, 0.6) is 5.75 Å². The zero-order valence-electron chi connectivity index (χ0n) is 12.3. The Labute approximate surface area is 130 Å². The molecule has 0 saturated carbocycles. The molecular formula is C17H20ClNO2. The second kappa shape index (κ2) is 7.34. The van der Waals surface area contributed by atoms with Crippen molar-refractivity contribution in [1.82, 2.24) is 0 Å². The molecule has 2 N–H and O–H groups in total. The Morgan fingerprint density at radius 3 is 2.48 bits per heavy atom. The highest BCUT2D eigenvalue weighted by Gasteiger charge is 2.06. The summed E-state index contributed by atoms with van der Waals surface area (Å²) in [6, 6.07) is 13.2. The molecule has 4 heteroatoms. The van der Waals surface area contributed by atoms with Crippen molar-refractivity contribution in [3.8, 4) is 5.75 Å². The Balaban J connectivity index is 1.77. The van der Waals surface area contributed by atoms with Gasteiger partial charge in [-0.2, -0.15) is 0 Å². The number of aliphatic hydroxyl groups is 1. The Kier molecular flexibility index (Phi) is 5.48. The molecule has 2 aromatic rings. The molecule has 0 aliphatic carbocycles. The number of aryl methyl sites for hydroxylation is 2. The Morgan fingerprint density at radius 1 is 1.10 bits per heavy atom. The van der Waals surface area contributed by atoms with Gasteiger partial charge in [-0.3, -0.25) is 0 Å². The molecule has 21 heavy (non-hydrogen) atoms. The first-order chi connectivity index (χ1) is 10.0. The van der Waals surface area contributed by atoms with Gasteiger partial charge in [-0.25, -0.2) is 0 Å². The summed E-state index contributed by atoms with van der Waals surface area (Å²) in [4.78, 5) is 0. The molecule has 0 amide bonds. The second-order valence-electron chi connectivity index (χ2n) is 5.10. The molecule has 0 heterocycles. The van der Waals surface area contributed by atoms with Crippen LogP contribution in [0, 0.1) is 13.8 Å². The molecular weight excluding hydrogens is 286 g/mol. The molecule has 0 fully saturated rings. The average molecular weight is 306 g/mol. The molecule has 0 saturated heterocycles. The van der Waals surface area contributed by atoms with Crippen LogP contribution < -0.4 is 10.1 Å². The first-order valence-corrected chi connectivity index (χ1v) is 7.30. The van der Waals surface area contributed by atoms with Gasteiger partial charge in [0.05, 0.1) is 0 Å². The van der Waals surface area contributed by atoms with E-state index in [0.29, 0.717) is 17.3 Å². The number of halogens is 1. The quantitative estimate of drug-likeness (QED) is 0.853. The largest absolute Gasteiger partial charge is 0.491 e. The first kappa shape index (κ1) is 15.7. The highest BCUT2D eigenvalue weighted by molar-refractivity contribution is 6.30. The van der Waals surface area contributed by atoms with Crippen molar-refractivity contribution in [2.24, 2.45) is 0 Å². The number of aliphatic hydroxyl groups excluding tert-OH is 1. The summed E-state index contributed by atoms with van der Waals surface area (Å²) in [5.41, 5.74) is 3.49. The summed E-state index contributed by atoms with van der Waals surface area (Å²) in [6.07, 6.45) is -0.581. The van der Waals surface area contributed by atoms with Crippen LogP contribution in [0.2, 0.25) is 5.02 Å². The lowest BCUT2D eigenvalue weighted by atomic mass is 10.1. The van der Waals surface area contributed by atoms with E-state index in [2.05, 4.69) is 31.3 Å².